The summed E-state index contributed by atoms with van der Waals surface area (Å²) in [6, 6.07) is -1.30. The lowest BCUT2D eigenvalue weighted by atomic mass is 10.3. The molecule has 0 aliphatic heterocycles. The van der Waals surface area contributed by atoms with Crippen LogP contribution in [-0.4, -0.2) is 34.0 Å². The second-order valence-electron chi connectivity index (χ2n) is 1.58. The van der Waals surface area contributed by atoms with E-state index in [0.29, 0.717) is 0 Å². The van der Waals surface area contributed by atoms with Crippen LogP contribution in [0.25, 0.3) is 0 Å². The second-order valence-corrected chi connectivity index (χ2v) is 1.58. The van der Waals surface area contributed by atoms with E-state index in [-0.39, 0.29) is 5.17 Å². The first kappa shape index (κ1) is 8.79. The van der Waals surface area contributed by atoms with Gasteiger partial charge in [0.1, 0.15) is 6.04 Å². The lowest BCUT2D eigenvalue weighted by molar-refractivity contribution is -0.144. The number of carboxylic acid groups (broad SMARTS) is 1. The molecular formula is C3H7N3O4. The molecule has 0 aromatic rings. The molecule has 0 aliphatic carbocycles. The quantitative estimate of drug-likeness (QED) is 0.340. The van der Waals surface area contributed by atoms with Crippen molar-refractivity contribution in [3.8, 4) is 0 Å². The molecule has 0 aliphatic rings. The van der Waals surface area contributed by atoms with Gasteiger partial charge in [0.2, 0.25) is 0 Å². The van der Waals surface area contributed by atoms with Crippen LogP contribution in [0.2, 0.25) is 0 Å². The molecule has 1 atom stereocenters. The Morgan fingerprint density at radius 3 is 2.60 bits per heavy atom. The average molecular weight is 149 g/mol. The minimum atomic E-state index is -1.30. The molecule has 10 heavy (non-hydrogen) atoms. The van der Waals surface area contributed by atoms with E-state index in [4.69, 9.17) is 16.0 Å². The molecule has 0 aromatic heterocycles. The summed E-state index contributed by atoms with van der Waals surface area (Å²) in [4.78, 5) is 19.4. The normalized spacial score (nSPS) is 12.2. The number of hydrogen-bond acceptors (Lipinski definition) is 5. The summed E-state index contributed by atoms with van der Waals surface area (Å²) >= 11 is 0. The van der Waals surface area contributed by atoms with Crippen molar-refractivity contribution >= 4 is 5.97 Å². The minimum Gasteiger partial charge on any atom is -0.480 e. The SMILES string of the molecule is N[C@@H](CN(O)N=O)C(=O)O. The van der Waals surface area contributed by atoms with Crippen LogP contribution in [0.4, 0.5) is 0 Å². The van der Waals surface area contributed by atoms with Crippen LogP contribution < -0.4 is 5.73 Å². The fourth-order valence-corrected chi connectivity index (χ4v) is 0.287. The molecule has 58 valence electrons. The molecule has 4 N–H and O–H groups in total. The Hall–Kier alpha value is -1.21. The number of rotatable bonds is 4. The molecule has 0 saturated heterocycles. The molecule has 0 bridgehead atoms. The molecule has 0 radical (unpaired) electrons. The number of nitroso groups, excluding NO2 is 1. The molecule has 0 amide bonds. The van der Waals surface area contributed by atoms with E-state index >= 15 is 0 Å². The monoisotopic (exact) mass is 149 g/mol. The Labute approximate surface area is 55.9 Å². The molecule has 0 heterocycles. The van der Waals surface area contributed by atoms with Gasteiger partial charge in [0.15, 0.2) is 0 Å². The summed E-state index contributed by atoms with van der Waals surface area (Å²) in [6.45, 7) is -0.515. The van der Waals surface area contributed by atoms with Crippen molar-refractivity contribution in [3.05, 3.63) is 4.91 Å². The van der Waals surface area contributed by atoms with Crippen LogP contribution in [0, 0.1) is 4.91 Å². The van der Waals surface area contributed by atoms with Crippen LogP contribution >= 0.6 is 0 Å². The van der Waals surface area contributed by atoms with Gasteiger partial charge in [-0.2, -0.15) is 0 Å². The predicted octanol–water partition coefficient (Wildman–Crippen LogP) is -1.23. The third-order valence-corrected chi connectivity index (χ3v) is 0.771. The molecule has 7 nitrogen and oxygen atoms in total. The molecule has 0 rings (SSSR count). The zero-order chi connectivity index (χ0) is 8.15. The second kappa shape index (κ2) is 3.75. The largest absolute Gasteiger partial charge is 0.480 e. The van der Waals surface area contributed by atoms with E-state index in [1.165, 1.54) is 0 Å². The van der Waals surface area contributed by atoms with Gasteiger partial charge in [-0.05, 0) is 0 Å². The van der Waals surface area contributed by atoms with Crippen LogP contribution in [0.1, 0.15) is 0 Å². The van der Waals surface area contributed by atoms with Crippen molar-refractivity contribution in [2.45, 2.75) is 6.04 Å². The predicted molar refractivity (Wildman–Crippen MR) is 29.9 cm³/mol. The number of hydroxylamine groups is 1. The number of nitrogens with zero attached hydrogens (tertiary/aromatic N) is 2. The van der Waals surface area contributed by atoms with Crippen molar-refractivity contribution in [2.24, 2.45) is 11.0 Å². The Bertz CT molecular complexity index is 138. The van der Waals surface area contributed by atoms with Crippen LogP contribution in [-0.2, 0) is 4.79 Å². The molecular weight excluding hydrogens is 142 g/mol. The van der Waals surface area contributed by atoms with Gasteiger partial charge in [0, 0.05) is 0 Å². The van der Waals surface area contributed by atoms with E-state index in [9.17, 15) is 9.70 Å². The third kappa shape index (κ3) is 2.95. The molecule has 0 aromatic carbocycles. The third-order valence-electron chi connectivity index (χ3n) is 0.771. The fraction of sp³-hybridized carbons (Fsp3) is 0.667. The van der Waals surface area contributed by atoms with Crippen LogP contribution in [0.5, 0.6) is 0 Å². The Morgan fingerprint density at radius 1 is 1.80 bits per heavy atom. The molecule has 0 unspecified atom stereocenters. The zero-order valence-corrected chi connectivity index (χ0v) is 4.97. The van der Waals surface area contributed by atoms with E-state index in [1.807, 2.05) is 5.29 Å². The van der Waals surface area contributed by atoms with Gasteiger partial charge < -0.3 is 10.8 Å². The summed E-state index contributed by atoms with van der Waals surface area (Å²) in [7, 11) is 0. The number of carboxylic acids is 1. The Kier molecular flexibility index (Phi) is 3.29. The summed E-state index contributed by atoms with van der Waals surface area (Å²) in [6.07, 6.45) is 0. The molecule has 0 saturated carbocycles. The highest BCUT2D eigenvalue weighted by Crippen LogP contribution is 1.85. The number of nitrogens with two attached hydrogens (primary N) is 1. The van der Waals surface area contributed by atoms with E-state index in [1.54, 1.807) is 0 Å². The van der Waals surface area contributed by atoms with Crippen LogP contribution in [0.15, 0.2) is 5.29 Å². The smallest absolute Gasteiger partial charge is 0.322 e. The van der Waals surface area contributed by atoms with Gasteiger partial charge >= 0.3 is 5.97 Å². The van der Waals surface area contributed by atoms with Gasteiger partial charge in [-0.15, -0.1) is 10.1 Å². The van der Waals surface area contributed by atoms with E-state index in [0.717, 1.165) is 0 Å². The van der Waals surface area contributed by atoms with Gasteiger partial charge in [0.05, 0.1) is 11.8 Å². The topological polar surface area (TPSA) is 116 Å². The molecule has 0 fully saturated rings. The Morgan fingerprint density at radius 2 is 2.30 bits per heavy atom. The fourth-order valence-electron chi connectivity index (χ4n) is 0.287. The van der Waals surface area contributed by atoms with Gasteiger partial charge in [-0.25, -0.2) is 0 Å². The standard InChI is InChI=1S/C3H7N3O4/c4-2(3(7)8)1-6(10)5-9/h2,10H,1,4H2,(H,7,8)/t2-/m0/s1. The lowest BCUT2D eigenvalue weighted by Crippen LogP contribution is -2.39. The minimum absolute atomic E-state index is 0.0706. The maximum atomic E-state index is 9.94. The van der Waals surface area contributed by atoms with E-state index in [2.05, 4.69) is 0 Å². The van der Waals surface area contributed by atoms with Gasteiger partial charge in [-0.1, -0.05) is 0 Å². The number of hydrogen-bond donors (Lipinski definition) is 3. The van der Waals surface area contributed by atoms with Crippen molar-refractivity contribution in [1.29, 1.82) is 0 Å². The molecule has 7 heteroatoms. The van der Waals surface area contributed by atoms with E-state index < -0.39 is 18.6 Å². The molecule has 0 spiro atoms. The number of aliphatic carboxylic acids is 1. The van der Waals surface area contributed by atoms with Crippen LogP contribution in [0.3, 0.4) is 0 Å². The number of carbonyl (C=O) groups is 1. The first-order chi connectivity index (χ1) is 4.57. The highest BCUT2D eigenvalue weighted by atomic mass is 16.6. The maximum absolute atomic E-state index is 9.94. The van der Waals surface area contributed by atoms with Gasteiger partial charge in [0.25, 0.3) is 0 Å². The van der Waals surface area contributed by atoms with Gasteiger partial charge in [-0.3, -0.25) is 10.0 Å². The van der Waals surface area contributed by atoms with Crippen molar-refractivity contribution in [2.75, 3.05) is 6.54 Å². The highest BCUT2D eigenvalue weighted by Gasteiger charge is 2.14. The first-order valence-corrected chi connectivity index (χ1v) is 2.36. The summed E-state index contributed by atoms with van der Waals surface area (Å²) < 4.78 is 0. The Balaban J connectivity index is 3.67. The maximum Gasteiger partial charge on any atom is 0.322 e. The average Bonchev–Trinajstić information content (AvgIpc) is 1.87. The first-order valence-electron chi connectivity index (χ1n) is 2.36. The summed E-state index contributed by atoms with van der Waals surface area (Å²) in [5, 5.41) is 18.3. The van der Waals surface area contributed by atoms with Crippen molar-refractivity contribution < 1.29 is 15.1 Å². The van der Waals surface area contributed by atoms with Crippen molar-refractivity contribution in [3.63, 3.8) is 0 Å². The summed E-state index contributed by atoms with van der Waals surface area (Å²) in [5.41, 5.74) is 4.89. The van der Waals surface area contributed by atoms with Crippen molar-refractivity contribution in [1.82, 2.24) is 5.17 Å². The highest BCUT2D eigenvalue weighted by molar-refractivity contribution is 5.73. The zero-order valence-electron chi connectivity index (χ0n) is 4.97. The summed E-state index contributed by atoms with van der Waals surface area (Å²) in [5.74, 6) is -1.30. The lowest BCUT2D eigenvalue weighted by Gasteiger charge is -2.08.